The number of carbonyl (C=O) groups excluding carboxylic acids is 3. The number of nitrogens with zero attached hydrogens (tertiary/aromatic N) is 3. The van der Waals surface area contributed by atoms with Gasteiger partial charge in [-0.3, -0.25) is 14.6 Å². The van der Waals surface area contributed by atoms with E-state index in [4.69, 9.17) is 9.47 Å². The van der Waals surface area contributed by atoms with Gasteiger partial charge in [-0.05, 0) is 94.6 Å². The third-order valence-corrected chi connectivity index (χ3v) is 13.3. The van der Waals surface area contributed by atoms with Gasteiger partial charge in [-0.1, -0.05) is 59.3 Å². The van der Waals surface area contributed by atoms with E-state index in [1.807, 2.05) is 20.8 Å². The second-order valence-corrected chi connectivity index (χ2v) is 17.2. The summed E-state index contributed by atoms with van der Waals surface area (Å²) in [6, 6.07) is 3.37. The minimum atomic E-state index is -3.44. The van der Waals surface area contributed by atoms with Gasteiger partial charge in [-0.25, -0.2) is 9.78 Å². The second kappa shape index (κ2) is 15.9. The van der Waals surface area contributed by atoms with Crippen molar-refractivity contribution in [1.82, 2.24) is 20.2 Å². The highest BCUT2D eigenvalue weighted by Crippen LogP contribution is 2.70. The molecule has 2 aromatic rings. The number of fused-ring (bicyclic) bond motifs is 1. The molecule has 4 unspecified atom stereocenters. The Bertz CT molecular complexity index is 1700. The van der Waals surface area contributed by atoms with Crippen LogP contribution >= 0.6 is 0 Å². The number of ether oxygens (including phenoxy) is 2. The topological polar surface area (TPSA) is 134 Å². The number of hydrogen-bond donors (Lipinski definition) is 1. The van der Waals surface area contributed by atoms with Gasteiger partial charge >= 0.3 is 6.09 Å². The summed E-state index contributed by atoms with van der Waals surface area (Å²) in [6.45, 7) is 8.41. The molecule has 1 aromatic carbocycles. The summed E-state index contributed by atoms with van der Waals surface area (Å²) in [4.78, 5) is 51.0. The zero-order chi connectivity index (χ0) is 38.9. The van der Waals surface area contributed by atoms with Crippen LogP contribution in [0.5, 0.6) is 11.6 Å². The number of hydrogen-bond acceptors (Lipinski definition) is 8. The Kier molecular flexibility index (Phi) is 11.8. The molecule has 6 rings (SSSR count). The minimum Gasteiger partial charge on any atom is -0.857 e. The summed E-state index contributed by atoms with van der Waals surface area (Å²) in [6.07, 6.45) is 12.0. The van der Waals surface area contributed by atoms with Gasteiger partial charge in [0, 0.05) is 36.2 Å². The van der Waals surface area contributed by atoms with Gasteiger partial charge in [0.05, 0.1) is 24.2 Å². The maximum absolute atomic E-state index is 15.4. The number of likely N-dealkylation sites (tertiary alicyclic amines) is 1. The number of carbonyl (C=O) groups is 3. The summed E-state index contributed by atoms with van der Waals surface area (Å²) < 4.78 is 42.2. The van der Waals surface area contributed by atoms with Gasteiger partial charge in [0.25, 0.3) is 5.92 Å². The van der Waals surface area contributed by atoms with Gasteiger partial charge < -0.3 is 24.8 Å². The molecule has 1 N–H and O–H groups in total. The first-order chi connectivity index (χ1) is 25.7. The van der Waals surface area contributed by atoms with Gasteiger partial charge in [0.1, 0.15) is 23.1 Å². The number of alkyl carbamates (subject to hydrolysis) is 1. The lowest BCUT2D eigenvalue weighted by Gasteiger charge is -2.35. The average molecular weight is 754 g/mol. The molecular weight excluding hydrogens is 694 g/mol. The van der Waals surface area contributed by atoms with E-state index in [2.05, 4.69) is 22.2 Å². The summed E-state index contributed by atoms with van der Waals surface area (Å²) in [5.41, 5.74) is -1.67. The fraction of sp³-hybridized carbons (Fsp3) is 0.738. The summed E-state index contributed by atoms with van der Waals surface area (Å²) in [5, 5.41) is 15.6. The van der Waals surface area contributed by atoms with Crippen LogP contribution in [-0.2, 0) is 20.2 Å². The highest BCUT2D eigenvalue weighted by atomic mass is 19.3. The van der Waals surface area contributed by atoms with E-state index in [1.54, 1.807) is 11.0 Å². The van der Waals surface area contributed by atoms with E-state index in [-0.39, 0.29) is 51.8 Å². The van der Waals surface area contributed by atoms with Crippen molar-refractivity contribution in [3.05, 3.63) is 23.9 Å². The molecule has 2 amide bonds. The molecule has 1 aromatic heterocycles. The number of rotatable bonds is 18. The Hall–Kier alpha value is -3.57. The zero-order valence-corrected chi connectivity index (χ0v) is 32.8. The van der Waals surface area contributed by atoms with Crippen molar-refractivity contribution in [2.75, 3.05) is 13.7 Å². The lowest BCUT2D eigenvalue weighted by molar-refractivity contribution is -0.279. The van der Waals surface area contributed by atoms with Crippen molar-refractivity contribution in [3.63, 3.8) is 0 Å². The van der Waals surface area contributed by atoms with Crippen LogP contribution < -0.4 is 15.2 Å². The molecule has 0 radical (unpaired) electrons. The third-order valence-electron chi connectivity index (χ3n) is 13.3. The molecule has 4 aliphatic rings. The fourth-order valence-corrected chi connectivity index (χ4v) is 9.79. The van der Waals surface area contributed by atoms with Crippen molar-refractivity contribution in [2.24, 2.45) is 22.7 Å². The predicted molar refractivity (Wildman–Crippen MR) is 199 cm³/mol. The standard InChI is InChI=1S/C42H60F2N4O6/c1-6-7-8-9-10-11-15-31(37(51)48-24-23-40(21-22-40)35(48)33(49)27(2)3)47-38(52)54-39(4)18-13-19-41(39)26-28(41)14-12-20-42(43,44)34-36(50)46-32-25-29(53-5)16-17-30(32)45-34/h16-17,25,27-28,31,35H,6-15,18-24,26H2,1-5H3,(H,46,50)(H,47,52)/p-1/t28?,31?,35-,39?,41?/m1/s1. The first kappa shape index (κ1) is 40.1. The second-order valence-electron chi connectivity index (χ2n) is 17.2. The molecule has 1 saturated heterocycles. The number of amides is 2. The molecule has 2 heterocycles. The first-order valence-electron chi connectivity index (χ1n) is 20.4. The fourth-order valence-electron chi connectivity index (χ4n) is 9.79. The van der Waals surface area contributed by atoms with Crippen molar-refractivity contribution in [2.45, 2.75) is 160 Å². The van der Waals surface area contributed by atoms with Crippen LogP contribution in [0.4, 0.5) is 13.6 Å². The van der Waals surface area contributed by atoms with E-state index in [0.29, 0.717) is 31.6 Å². The quantitative estimate of drug-likeness (QED) is 0.150. The van der Waals surface area contributed by atoms with E-state index in [1.165, 1.54) is 25.7 Å². The molecular formula is C42H59F2N4O6-. The third kappa shape index (κ3) is 8.04. The number of alkyl halides is 2. The first-order valence-corrected chi connectivity index (χ1v) is 20.4. The molecule has 5 atom stereocenters. The normalized spacial score (nSPS) is 26.1. The van der Waals surface area contributed by atoms with Crippen molar-refractivity contribution < 1.29 is 37.7 Å². The summed E-state index contributed by atoms with van der Waals surface area (Å²) in [7, 11) is 1.47. The SMILES string of the molecule is CCCCCCCCC(NC(=O)OC1(C)CCCC12CC2CCCC(F)(F)c1nc2ccc(OC)cc2nc1[O-])C(=O)N1CCC2(CC2)[C@H]1C(=O)C(C)C. The number of ketones is 1. The Morgan fingerprint density at radius 2 is 1.76 bits per heavy atom. The molecule has 10 nitrogen and oxygen atoms in total. The molecule has 4 fully saturated rings. The smallest absolute Gasteiger partial charge is 0.408 e. The van der Waals surface area contributed by atoms with E-state index in [0.717, 1.165) is 70.6 Å². The number of nitrogens with one attached hydrogen (secondary N) is 1. The maximum atomic E-state index is 15.4. The molecule has 1 aliphatic heterocycles. The van der Waals surface area contributed by atoms with Crippen LogP contribution in [0.1, 0.15) is 143 Å². The molecule has 54 heavy (non-hydrogen) atoms. The Balaban J connectivity index is 1.08. The van der Waals surface area contributed by atoms with Crippen LogP contribution in [0.25, 0.3) is 11.0 Å². The largest absolute Gasteiger partial charge is 0.857 e. The van der Waals surface area contributed by atoms with Gasteiger partial charge in [-0.15, -0.1) is 0 Å². The van der Waals surface area contributed by atoms with Gasteiger partial charge in [-0.2, -0.15) is 8.78 Å². The van der Waals surface area contributed by atoms with Crippen molar-refractivity contribution in [3.8, 4) is 11.6 Å². The Labute approximate surface area is 318 Å². The highest BCUT2D eigenvalue weighted by Gasteiger charge is 2.68. The molecule has 3 saturated carbocycles. The summed E-state index contributed by atoms with van der Waals surface area (Å²) >= 11 is 0. The van der Waals surface area contributed by atoms with Crippen LogP contribution in [0.3, 0.4) is 0 Å². The van der Waals surface area contributed by atoms with E-state index >= 15 is 8.78 Å². The zero-order valence-electron chi connectivity index (χ0n) is 32.8. The van der Waals surface area contributed by atoms with Crippen LogP contribution in [0.15, 0.2) is 18.2 Å². The molecule has 3 aliphatic carbocycles. The van der Waals surface area contributed by atoms with E-state index < -0.39 is 47.7 Å². The van der Waals surface area contributed by atoms with Crippen molar-refractivity contribution >= 4 is 28.8 Å². The highest BCUT2D eigenvalue weighted by molar-refractivity contribution is 5.94. The summed E-state index contributed by atoms with van der Waals surface area (Å²) in [5.74, 6) is -4.23. The monoisotopic (exact) mass is 753 g/mol. The van der Waals surface area contributed by atoms with Crippen LogP contribution in [0, 0.1) is 22.7 Å². The number of unbranched alkanes of at least 4 members (excludes halogenated alkanes) is 5. The van der Waals surface area contributed by atoms with Crippen molar-refractivity contribution in [1.29, 1.82) is 0 Å². The minimum absolute atomic E-state index is 0.0943. The van der Waals surface area contributed by atoms with Gasteiger partial charge in [0.2, 0.25) is 5.91 Å². The number of aromatic nitrogens is 2. The lowest BCUT2D eigenvalue weighted by Crippen LogP contribution is -2.54. The number of benzene rings is 1. The molecule has 0 bridgehead atoms. The average Bonchev–Trinajstić information content (AvgIpc) is 3.99. The maximum Gasteiger partial charge on any atom is 0.408 e. The van der Waals surface area contributed by atoms with Crippen LogP contribution in [0.2, 0.25) is 0 Å². The molecule has 2 spiro atoms. The van der Waals surface area contributed by atoms with E-state index in [9.17, 15) is 19.5 Å². The predicted octanol–water partition coefficient (Wildman–Crippen LogP) is 8.37. The lowest BCUT2D eigenvalue weighted by atomic mass is 9.85. The number of halogens is 2. The molecule has 298 valence electrons. The Morgan fingerprint density at radius 1 is 1.02 bits per heavy atom. The molecule has 12 heteroatoms. The number of methoxy groups -OCH3 is 1. The van der Waals surface area contributed by atoms with Crippen LogP contribution in [-0.4, -0.2) is 64.0 Å². The number of Topliss-reactive ketones (excluding diaryl/α,β-unsaturated/α-hetero) is 1. The Morgan fingerprint density at radius 3 is 2.46 bits per heavy atom. The van der Waals surface area contributed by atoms with Gasteiger partial charge in [0.15, 0.2) is 5.78 Å².